The Morgan fingerprint density at radius 1 is 1.67 bits per heavy atom. The minimum absolute atomic E-state index is 0.0787. The van der Waals surface area contributed by atoms with Crippen molar-refractivity contribution < 1.29 is 5.11 Å². The highest BCUT2D eigenvalue weighted by Gasteiger charge is 2.53. The molecule has 0 spiro atoms. The molecule has 1 fully saturated rings. The number of aliphatic hydroxyl groups is 1. The maximum atomic E-state index is 10.3. The molecule has 3 unspecified atom stereocenters. The summed E-state index contributed by atoms with van der Waals surface area (Å²) >= 11 is 0. The third-order valence-corrected chi connectivity index (χ3v) is 4.05. The Morgan fingerprint density at radius 3 is 2.33 bits per heavy atom. The Morgan fingerprint density at radius 2 is 2.25 bits per heavy atom. The highest BCUT2D eigenvalue weighted by atomic mass is 16.3. The summed E-state index contributed by atoms with van der Waals surface area (Å²) < 4.78 is 0. The highest BCUT2D eigenvalue weighted by Crippen LogP contribution is 2.51. The highest BCUT2D eigenvalue weighted by molar-refractivity contribution is 5.05. The summed E-state index contributed by atoms with van der Waals surface area (Å²) in [6, 6.07) is 0. The van der Waals surface area contributed by atoms with Crippen LogP contribution in [0.3, 0.4) is 0 Å². The van der Waals surface area contributed by atoms with Crippen LogP contribution in [0.1, 0.15) is 40.0 Å². The zero-order valence-corrected chi connectivity index (χ0v) is 8.43. The summed E-state index contributed by atoms with van der Waals surface area (Å²) in [5.74, 6) is 0.422. The lowest BCUT2D eigenvalue weighted by Crippen LogP contribution is -2.60. The molecule has 0 heterocycles. The third kappa shape index (κ3) is 1.09. The normalized spacial score (nSPS) is 40.2. The molecular weight excluding hydrogens is 150 g/mol. The Kier molecular flexibility index (Phi) is 2.50. The minimum Gasteiger partial charge on any atom is -0.389 e. The van der Waals surface area contributed by atoms with E-state index in [4.69, 9.17) is 5.73 Å². The van der Waals surface area contributed by atoms with Gasteiger partial charge in [0.25, 0.3) is 0 Å². The van der Waals surface area contributed by atoms with Crippen LogP contribution < -0.4 is 5.73 Å². The molecule has 0 aliphatic heterocycles. The minimum atomic E-state index is -0.490. The maximum absolute atomic E-state index is 10.3. The van der Waals surface area contributed by atoms with Crippen molar-refractivity contribution in [2.75, 3.05) is 6.54 Å². The van der Waals surface area contributed by atoms with Gasteiger partial charge in [-0.3, -0.25) is 0 Å². The lowest BCUT2D eigenvalue weighted by molar-refractivity contribution is -0.171. The van der Waals surface area contributed by atoms with E-state index in [-0.39, 0.29) is 5.41 Å². The van der Waals surface area contributed by atoms with Crippen LogP contribution in [0.15, 0.2) is 0 Å². The van der Waals surface area contributed by atoms with Crippen molar-refractivity contribution in [3.05, 3.63) is 0 Å². The topological polar surface area (TPSA) is 46.2 Å². The van der Waals surface area contributed by atoms with Gasteiger partial charge in [-0.25, -0.2) is 0 Å². The predicted molar refractivity (Wildman–Crippen MR) is 50.8 cm³/mol. The number of hydrogen-bond donors (Lipinski definition) is 2. The van der Waals surface area contributed by atoms with Gasteiger partial charge in [-0.1, -0.05) is 20.8 Å². The Bertz CT molecular complexity index is 158. The summed E-state index contributed by atoms with van der Waals surface area (Å²) in [4.78, 5) is 0. The molecule has 1 saturated carbocycles. The molecule has 0 amide bonds. The van der Waals surface area contributed by atoms with Gasteiger partial charge in [0.15, 0.2) is 0 Å². The molecule has 1 aliphatic rings. The quantitative estimate of drug-likeness (QED) is 0.676. The number of rotatable bonds is 3. The fraction of sp³-hybridized carbons (Fsp3) is 1.00. The summed E-state index contributed by atoms with van der Waals surface area (Å²) in [5.41, 5.74) is 5.15. The Labute approximate surface area is 75.2 Å². The average molecular weight is 171 g/mol. The van der Waals surface area contributed by atoms with E-state index < -0.39 is 5.60 Å². The van der Waals surface area contributed by atoms with E-state index in [1.54, 1.807) is 0 Å². The maximum Gasteiger partial charge on any atom is 0.0738 e. The molecule has 2 heteroatoms. The fourth-order valence-corrected chi connectivity index (χ4v) is 2.23. The van der Waals surface area contributed by atoms with Crippen molar-refractivity contribution in [3.8, 4) is 0 Å². The van der Waals surface area contributed by atoms with Crippen LogP contribution in [-0.2, 0) is 0 Å². The fourth-order valence-electron chi connectivity index (χ4n) is 2.23. The predicted octanol–water partition coefficient (Wildman–Crippen LogP) is 1.52. The molecule has 3 atom stereocenters. The first-order valence-electron chi connectivity index (χ1n) is 4.92. The van der Waals surface area contributed by atoms with Crippen molar-refractivity contribution in [2.45, 2.75) is 45.6 Å². The van der Waals surface area contributed by atoms with Crippen molar-refractivity contribution in [2.24, 2.45) is 17.1 Å². The second kappa shape index (κ2) is 3.00. The molecule has 1 aliphatic carbocycles. The lowest BCUT2D eigenvalue weighted by atomic mass is 9.55. The third-order valence-electron chi connectivity index (χ3n) is 4.05. The van der Waals surface area contributed by atoms with E-state index >= 15 is 0 Å². The van der Waals surface area contributed by atoms with Gasteiger partial charge in [-0.2, -0.15) is 0 Å². The van der Waals surface area contributed by atoms with Crippen LogP contribution in [0.4, 0.5) is 0 Å². The largest absolute Gasteiger partial charge is 0.389 e. The summed E-state index contributed by atoms with van der Waals surface area (Å²) in [5, 5.41) is 10.3. The molecule has 0 aromatic rings. The van der Waals surface area contributed by atoms with E-state index in [1.807, 2.05) is 0 Å². The van der Waals surface area contributed by atoms with Crippen LogP contribution >= 0.6 is 0 Å². The van der Waals surface area contributed by atoms with Gasteiger partial charge < -0.3 is 10.8 Å². The SMILES string of the molecule is CCC(C)(CN)C1(O)CCC1C. The van der Waals surface area contributed by atoms with Crippen molar-refractivity contribution in [3.63, 3.8) is 0 Å². The molecule has 2 nitrogen and oxygen atoms in total. The first kappa shape index (κ1) is 10.0. The van der Waals surface area contributed by atoms with Crippen LogP contribution in [0.2, 0.25) is 0 Å². The van der Waals surface area contributed by atoms with Gasteiger partial charge in [0.05, 0.1) is 5.60 Å². The second-order valence-electron chi connectivity index (χ2n) is 4.48. The number of hydrogen-bond acceptors (Lipinski definition) is 2. The standard InChI is InChI=1S/C10H21NO/c1-4-9(3,7-11)10(12)6-5-8(10)2/h8,12H,4-7,11H2,1-3H3. The van der Waals surface area contributed by atoms with Crippen LogP contribution in [-0.4, -0.2) is 17.3 Å². The molecule has 12 heavy (non-hydrogen) atoms. The van der Waals surface area contributed by atoms with Gasteiger partial charge >= 0.3 is 0 Å². The van der Waals surface area contributed by atoms with Gasteiger partial charge in [0.1, 0.15) is 0 Å². The van der Waals surface area contributed by atoms with Crippen molar-refractivity contribution in [1.82, 2.24) is 0 Å². The van der Waals surface area contributed by atoms with Crippen LogP contribution in [0.25, 0.3) is 0 Å². The molecule has 0 aromatic carbocycles. The summed E-state index contributed by atoms with van der Waals surface area (Å²) in [6.45, 7) is 6.91. The van der Waals surface area contributed by atoms with Crippen molar-refractivity contribution >= 4 is 0 Å². The molecule has 72 valence electrons. The van der Waals surface area contributed by atoms with Crippen molar-refractivity contribution in [1.29, 1.82) is 0 Å². The number of nitrogens with two attached hydrogens (primary N) is 1. The smallest absolute Gasteiger partial charge is 0.0738 e. The van der Waals surface area contributed by atoms with Gasteiger partial charge in [0, 0.05) is 12.0 Å². The second-order valence-corrected chi connectivity index (χ2v) is 4.48. The molecule has 0 radical (unpaired) electrons. The average Bonchev–Trinajstić information content (AvgIpc) is 2.12. The monoisotopic (exact) mass is 171 g/mol. The van der Waals surface area contributed by atoms with Crippen LogP contribution in [0, 0.1) is 11.3 Å². The zero-order valence-electron chi connectivity index (χ0n) is 8.43. The first-order chi connectivity index (χ1) is 5.50. The van der Waals surface area contributed by atoms with E-state index in [0.29, 0.717) is 12.5 Å². The molecule has 1 rings (SSSR count). The van der Waals surface area contributed by atoms with E-state index in [9.17, 15) is 5.11 Å². The van der Waals surface area contributed by atoms with Gasteiger partial charge in [-0.05, 0) is 25.2 Å². The molecule has 0 aromatic heterocycles. The molecular formula is C10H21NO. The summed E-state index contributed by atoms with van der Waals surface area (Å²) in [6.07, 6.45) is 3.03. The molecule has 0 saturated heterocycles. The molecule has 0 bridgehead atoms. The first-order valence-corrected chi connectivity index (χ1v) is 4.92. The van der Waals surface area contributed by atoms with E-state index in [1.165, 1.54) is 0 Å². The summed E-state index contributed by atoms with van der Waals surface area (Å²) in [7, 11) is 0. The van der Waals surface area contributed by atoms with E-state index in [0.717, 1.165) is 19.3 Å². The Balaban J connectivity index is 2.77. The Hall–Kier alpha value is -0.0800. The molecule has 3 N–H and O–H groups in total. The lowest BCUT2D eigenvalue weighted by Gasteiger charge is -2.55. The zero-order chi connectivity index (χ0) is 9.41. The van der Waals surface area contributed by atoms with Crippen LogP contribution in [0.5, 0.6) is 0 Å². The van der Waals surface area contributed by atoms with Gasteiger partial charge in [0.2, 0.25) is 0 Å². The van der Waals surface area contributed by atoms with E-state index in [2.05, 4.69) is 20.8 Å². The van der Waals surface area contributed by atoms with Gasteiger partial charge in [-0.15, -0.1) is 0 Å².